The van der Waals surface area contributed by atoms with E-state index >= 15 is 0 Å². The van der Waals surface area contributed by atoms with Crippen molar-refractivity contribution in [1.29, 1.82) is 0 Å². The van der Waals surface area contributed by atoms with E-state index in [2.05, 4.69) is 23.3 Å². The highest BCUT2D eigenvalue weighted by Gasteiger charge is 1.98. The van der Waals surface area contributed by atoms with E-state index in [0.29, 0.717) is 5.15 Å². The maximum absolute atomic E-state index is 5.78. The molecule has 0 aromatic carbocycles. The Morgan fingerprint density at radius 3 is 3.00 bits per heavy atom. The predicted octanol–water partition coefficient (Wildman–Crippen LogP) is 2.71. The van der Waals surface area contributed by atoms with Gasteiger partial charge in [0.05, 0.1) is 0 Å². The number of aromatic nitrogens is 1. The number of allylic oxidation sites excluding steroid dienone is 1. The Labute approximate surface area is 83.6 Å². The first kappa shape index (κ1) is 10.1. The third-order valence-corrected chi connectivity index (χ3v) is 1.92. The van der Waals surface area contributed by atoms with Crippen molar-refractivity contribution in [1.82, 2.24) is 10.3 Å². The van der Waals surface area contributed by atoms with Crippen LogP contribution in [-0.2, 0) is 0 Å². The van der Waals surface area contributed by atoms with Crippen LogP contribution in [0.4, 0.5) is 0 Å². The molecule has 13 heavy (non-hydrogen) atoms. The van der Waals surface area contributed by atoms with E-state index in [1.807, 2.05) is 19.2 Å². The average Bonchev–Trinajstić information content (AvgIpc) is 2.14. The molecule has 0 aliphatic carbocycles. The minimum atomic E-state index is 0.523. The van der Waals surface area contributed by atoms with Crippen molar-refractivity contribution in [2.24, 2.45) is 0 Å². The van der Waals surface area contributed by atoms with E-state index in [0.717, 1.165) is 17.7 Å². The van der Waals surface area contributed by atoms with Crippen molar-refractivity contribution in [2.45, 2.75) is 13.3 Å². The lowest BCUT2D eigenvalue weighted by atomic mass is 10.2. The van der Waals surface area contributed by atoms with Crippen LogP contribution >= 0.6 is 11.6 Å². The maximum Gasteiger partial charge on any atom is 0.129 e. The van der Waals surface area contributed by atoms with Crippen LogP contribution in [0.3, 0.4) is 0 Å². The zero-order valence-corrected chi connectivity index (χ0v) is 8.60. The van der Waals surface area contributed by atoms with Crippen molar-refractivity contribution in [3.63, 3.8) is 0 Å². The van der Waals surface area contributed by atoms with Crippen LogP contribution in [-0.4, -0.2) is 12.0 Å². The molecule has 0 atom stereocenters. The molecule has 0 amide bonds. The molecule has 0 spiro atoms. The molecule has 0 radical (unpaired) electrons. The largest absolute Gasteiger partial charge is 0.388 e. The van der Waals surface area contributed by atoms with E-state index in [1.54, 1.807) is 6.20 Å². The molecule has 1 rings (SSSR count). The summed E-state index contributed by atoms with van der Waals surface area (Å²) < 4.78 is 0. The summed E-state index contributed by atoms with van der Waals surface area (Å²) in [7, 11) is 1.90. The van der Waals surface area contributed by atoms with Gasteiger partial charge in [-0.05, 0) is 18.6 Å². The number of hydrogen-bond donors (Lipinski definition) is 1. The molecule has 70 valence electrons. The fraction of sp³-hybridized carbons (Fsp3) is 0.300. The Balaban J connectivity index is 2.98. The number of halogens is 1. The smallest absolute Gasteiger partial charge is 0.129 e. The van der Waals surface area contributed by atoms with Gasteiger partial charge in [0.2, 0.25) is 0 Å². The molecule has 0 fully saturated rings. The Morgan fingerprint density at radius 2 is 2.46 bits per heavy atom. The van der Waals surface area contributed by atoms with Gasteiger partial charge in [-0.15, -0.1) is 0 Å². The minimum absolute atomic E-state index is 0.523. The van der Waals surface area contributed by atoms with Crippen LogP contribution < -0.4 is 5.32 Å². The van der Waals surface area contributed by atoms with E-state index in [1.165, 1.54) is 0 Å². The summed E-state index contributed by atoms with van der Waals surface area (Å²) in [5, 5.41) is 3.64. The summed E-state index contributed by atoms with van der Waals surface area (Å²) in [5.74, 6) is 0. The summed E-state index contributed by atoms with van der Waals surface area (Å²) in [6, 6.07) is 3.78. The number of hydrogen-bond acceptors (Lipinski definition) is 2. The lowest BCUT2D eigenvalue weighted by molar-refractivity contribution is 1.09. The molecular formula is C10H13ClN2. The van der Waals surface area contributed by atoms with E-state index in [4.69, 9.17) is 11.6 Å². The first-order chi connectivity index (χ1) is 6.27. The van der Waals surface area contributed by atoms with Gasteiger partial charge in [-0.3, -0.25) is 0 Å². The molecule has 1 heterocycles. The third kappa shape index (κ3) is 2.74. The Morgan fingerprint density at radius 1 is 1.69 bits per heavy atom. The summed E-state index contributed by atoms with van der Waals surface area (Å²) in [5.41, 5.74) is 2.16. The number of nitrogens with zero attached hydrogens (tertiary/aromatic N) is 1. The van der Waals surface area contributed by atoms with Crippen molar-refractivity contribution in [3.05, 3.63) is 35.1 Å². The normalized spacial score (nSPS) is 11.5. The second-order valence-corrected chi connectivity index (χ2v) is 3.03. The summed E-state index contributed by atoms with van der Waals surface area (Å²) >= 11 is 5.78. The molecule has 1 N–H and O–H groups in total. The summed E-state index contributed by atoms with van der Waals surface area (Å²) in [6.07, 6.45) is 4.82. The SMILES string of the molecule is CC/C=C(/NC)c1ccnc(Cl)c1. The molecule has 0 bridgehead atoms. The topological polar surface area (TPSA) is 24.9 Å². The van der Waals surface area contributed by atoms with Gasteiger partial charge in [0.15, 0.2) is 0 Å². The van der Waals surface area contributed by atoms with E-state index < -0.39 is 0 Å². The van der Waals surface area contributed by atoms with Crippen molar-refractivity contribution in [3.8, 4) is 0 Å². The van der Waals surface area contributed by atoms with Gasteiger partial charge in [-0.2, -0.15) is 0 Å². The van der Waals surface area contributed by atoms with Crippen LogP contribution in [0.1, 0.15) is 18.9 Å². The Bertz CT molecular complexity index is 308. The molecule has 2 nitrogen and oxygen atoms in total. The summed E-state index contributed by atoms with van der Waals surface area (Å²) in [6.45, 7) is 2.10. The van der Waals surface area contributed by atoms with Crippen molar-refractivity contribution < 1.29 is 0 Å². The fourth-order valence-corrected chi connectivity index (χ4v) is 1.31. The molecule has 1 aromatic heterocycles. The number of nitrogens with one attached hydrogen (secondary N) is 1. The molecule has 0 saturated heterocycles. The van der Waals surface area contributed by atoms with Gasteiger partial charge >= 0.3 is 0 Å². The van der Waals surface area contributed by atoms with Gasteiger partial charge < -0.3 is 5.32 Å². The highest BCUT2D eigenvalue weighted by Crippen LogP contribution is 2.14. The van der Waals surface area contributed by atoms with Gasteiger partial charge in [0.25, 0.3) is 0 Å². The lowest BCUT2D eigenvalue weighted by Crippen LogP contribution is -2.04. The summed E-state index contributed by atoms with van der Waals surface area (Å²) in [4.78, 5) is 3.93. The van der Waals surface area contributed by atoms with Crippen LogP contribution in [0.5, 0.6) is 0 Å². The lowest BCUT2D eigenvalue weighted by Gasteiger charge is -2.06. The quantitative estimate of drug-likeness (QED) is 0.752. The number of pyridine rings is 1. The highest BCUT2D eigenvalue weighted by molar-refractivity contribution is 6.29. The second-order valence-electron chi connectivity index (χ2n) is 2.64. The van der Waals surface area contributed by atoms with Gasteiger partial charge in [0, 0.05) is 24.5 Å². The number of rotatable bonds is 3. The predicted molar refractivity (Wildman–Crippen MR) is 56.6 cm³/mol. The average molecular weight is 197 g/mol. The molecule has 0 saturated carbocycles. The molecule has 3 heteroatoms. The van der Waals surface area contributed by atoms with E-state index in [9.17, 15) is 0 Å². The zero-order chi connectivity index (χ0) is 9.68. The van der Waals surface area contributed by atoms with E-state index in [-0.39, 0.29) is 0 Å². The van der Waals surface area contributed by atoms with Crippen molar-refractivity contribution in [2.75, 3.05) is 7.05 Å². The Hall–Kier alpha value is -1.02. The zero-order valence-electron chi connectivity index (χ0n) is 7.84. The maximum atomic E-state index is 5.78. The second kappa shape index (κ2) is 4.87. The van der Waals surface area contributed by atoms with Gasteiger partial charge in [-0.1, -0.05) is 24.6 Å². The minimum Gasteiger partial charge on any atom is -0.388 e. The van der Waals surface area contributed by atoms with Crippen LogP contribution in [0.15, 0.2) is 24.4 Å². The van der Waals surface area contributed by atoms with Crippen LogP contribution in [0.25, 0.3) is 5.70 Å². The fourth-order valence-electron chi connectivity index (χ4n) is 1.14. The van der Waals surface area contributed by atoms with Crippen LogP contribution in [0, 0.1) is 0 Å². The van der Waals surface area contributed by atoms with Crippen molar-refractivity contribution >= 4 is 17.3 Å². The third-order valence-electron chi connectivity index (χ3n) is 1.72. The molecule has 0 unspecified atom stereocenters. The van der Waals surface area contributed by atoms with Gasteiger partial charge in [-0.25, -0.2) is 4.98 Å². The monoisotopic (exact) mass is 196 g/mol. The molecule has 0 aliphatic heterocycles. The standard InChI is InChI=1S/C10H13ClN2/c1-3-4-9(12-2)8-5-6-13-10(11)7-8/h4-7,12H,3H2,1-2H3/b9-4+. The first-order valence-corrected chi connectivity index (χ1v) is 4.65. The Kier molecular flexibility index (Phi) is 3.77. The highest BCUT2D eigenvalue weighted by atomic mass is 35.5. The van der Waals surface area contributed by atoms with Gasteiger partial charge in [0.1, 0.15) is 5.15 Å². The molecular weight excluding hydrogens is 184 g/mol. The van der Waals surface area contributed by atoms with Crippen LogP contribution in [0.2, 0.25) is 5.15 Å². The molecule has 1 aromatic rings. The first-order valence-electron chi connectivity index (χ1n) is 4.27. The molecule has 0 aliphatic rings.